The van der Waals surface area contributed by atoms with Gasteiger partial charge in [-0.25, -0.2) is 4.39 Å². The molecule has 0 aliphatic heterocycles. The fourth-order valence-electron chi connectivity index (χ4n) is 5.54. The van der Waals surface area contributed by atoms with Crippen molar-refractivity contribution in [3.63, 3.8) is 0 Å². The molecule has 3 N–H and O–H groups in total. The summed E-state index contributed by atoms with van der Waals surface area (Å²) in [5.41, 5.74) is 2.64. The Balaban J connectivity index is 1.41. The van der Waals surface area contributed by atoms with Crippen molar-refractivity contribution >= 4 is 7.37 Å². The number of rotatable bonds is 11. The van der Waals surface area contributed by atoms with Crippen LogP contribution < -0.4 is 0 Å². The lowest BCUT2D eigenvalue weighted by Gasteiger charge is -2.25. The summed E-state index contributed by atoms with van der Waals surface area (Å²) in [6.45, 7) is 1.40. The van der Waals surface area contributed by atoms with Crippen molar-refractivity contribution in [2.24, 2.45) is 17.8 Å². The van der Waals surface area contributed by atoms with Crippen LogP contribution in [0.25, 0.3) is 0 Å². The first-order valence-electron chi connectivity index (χ1n) is 11.6. The van der Waals surface area contributed by atoms with E-state index in [1.54, 1.807) is 0 Å². The Labute approximate surface area is 180 Å². The van der Waals surface area contributed by atoms with Gasteiger partial charge in [0.2, 0.25) is 0 Å². The fraction of sp³-hybridized carbons (Fsp3) is 0.750. The van der Waals surface area contributed by atoms with E-state index in [0.717, 1.165) is 44.9 Å². The molecule has 30 heavy (non-hydrogen) atoms. The van der Waals surface area contributed by atoms with Crippen LogP contribution in [-0.2, 0) is 17.4 Å². The Hall–Kier alpha value is -0.740. The Morgan fingerprint density at radius 1 is 1.07 bits per heavy atom. The highest BCUT2D eigenvalue weighted by Crippen LogP contribution is 2.42. The van der Waals surface area contributed by atoms with E-state index >= 15 is 0 Å². The number of hydrogen-bond donors (Lipinski definition) is 3. The quantitative estimate of drug-likeness (QED) is 0.343. The third-order valence-electron chi connectivity index (χ3n) is 7.26. The highest BCUT2D eigenvalue weighted by molar-refractivity contribution is 7.57. The number of unbranched alkanes of at least 4 members (excludes halogenated alkanes) is 3. The average Bonchev–Trinajstić information content (AvgIpc) is 3.22. The highest BCUT2D eigenvalue weighted by atomic mass is 31.2. The molecule has 0 amide bonds. The number of alkyl halides is 1. The molecular formula is C24H38FO4P. The SMILES string of the molecule is CP(=O)(O)CCCCCC[C@@H]1[C@@H](CCC(O)C2Cc3ccccc3C2)[C@@H](F)C[C@@H]1O. The van der Waals surface area contributed by atoms with Crippen LogP contribution in [-0.4, -0.2) is 46.3 Å². The predicted octanol–water partition coefficient (Wildman–Crippen LogP) is 4.73. The van der Waals surface area contributed by atoms with Gasteiger partial charge >= 0.3 is 0 Å². The van der Waals surface area contributed by atoms with Gasteiger partial charge in [-0.3, -0.25) is 4.57 Å². The molecule has 0 aromatic heterocycles. The van der Waals surface area contributed by atoms with Crippen LogP contribution in [0.3, 0.4) is 0 Å². The maximum absolute atomic E-state index is 14.6. The summed E-state index contributed by atoms with van der Waals surface area (Å²) in [6.07, 6.45) is 5.85. The van der Waals surface area contributed by atoms with Crippen molar-refractivity contribution in [3.05, 3.63) is 35.4 Å². The molecule has 1 fully saturated rings. The highest BCUT2D eigenvalue weighted by Gasteiger charge is 2.42. The van der Waals surface area contributed by atoms with E-state index in [0.29, 0.717) is 19.0 Å². The summed E-state index contributed by atoms with van der Waals surface area (Å²) < 4.78 is 25.9. The largest absolute Gasteiger partial charge is 0.393 e. The normalized spacial score (nSPS) is 29.6. The van der Waals surface area contributed by atoms with Gasteiger partial charge in [-0.05, 0) is 67.4 Å². The number of aliphatic hydroxyl groups is 2. The molecule has 6 heteroatoms. The van der Waals surface area contributed by atoms with Crippen molar-refractivity contribution in [2.75, 3.05) is 12.8 Å². The second kappa shape index (κ2) is 10.7. The Morgan fingerprint density at radius 2 is 1.70 bits per heavy atom. The molecular weight excluding hydrogens is 402 g/mol. The lowest BCUT2D eigenvalue weighted by atomic mass is 9.83. The van der Waals surface area contributed by atoms with Gasteiger partial charge in [0.1, 0.15) is 6.17 Å². The Bertz CT molecular complexity index is 696. The molecule has 0 spiro atoms. The molecule has 1 aromatic rings. The van der Waals surface area contributed by atoms with Gasteiger partial charge in [-0.1, -0.05) is 43.5 Å². The first kappa shape index (κ1) is 23.9. The molecule has 0 radical (unpaired) electrons. The number of hydrogen-bond acceptors (Lipinski definition) is 3. The second-order valence-electron chi connectivity index (χ2n) is 9.71. The third-order valence-corrected chi connectivity index (χ3v) is 8.40. The lowest BCUT2D eigenvalue weighted by Crippen LogP contribution is -2.26. The molecule has 4 nitrogen and oxygen atoms in total. The Morgan fingerprint density at radius 3 is 2.33 bits per heavy atom. The molecule has 3 rings (SSSR count). The standard InChI is InChI=1S/C24H38FO4P/c1-30(28,29)13-7-3-2-4-10-21-20(22(25)16-24(21)27)11-12-23(26)19-14-17-8-5-6-9-18(17)15-19/h5-6,8-9,19-24,26-27H,2-4,7,10-16H2,1H3,(H,28,29)/t20-,21-,22+,23?,24+/m1/s1. The summed E-state index contributed by atoms with van der Waals surface area (Å²) in [7, 11) is -2.92. The first-order chi connectivity index (χ1) is 14.2. The molecule has 2 aliphatic carbocycles. The minimum Gasteiger partial charge on any atom is -0.393 e. The minimum atomic E-state index is -2.92. The average molecular weight is 441 g/mol. The van der Waals surface area contributed by atoms with Gasteiger partial charge in [0.15, 0.2) is 7.37 Å². The smallest absolute Gasteiger partial charge is 0.197 e. The molecule has 1 saturated carbocycles. The molecule has 0 heterocycles. The zero-order valence-corrected chi connectivity index (χ0v) is 19.0. The molecule has 170 valence electrons. The van der Waals surface area contributed by atoms with Gasteiger partial charge < -0.3 is 15.1 Å². The van der Waals surface area contributed by atoms with Crippen LogP contribution in [0.15, 0.2) is 24.3 Å². The number of aliphatic hydroxyl groups excluding tert-OH is 2. The minimum absolute atomic E-state index is 0.0388. The van der Waals surface area contributed by atoms with Crippen LogP contribution in [0.1, 0.15) is 62.5 Å². The van der Waals surface area contributed by atoms with E-state index < -0.39 is 25.7 Å². The topological polar surface area (TPSA) is 77.8 Å². The summed E-state index contributed by atoms with van der Waals surface area (Å²) in [4.78, 5) is 9.34. The van der Waals surface area contributed by atoms with E-state index in [9.17, 15) is 24.1 Å². The second-order valence-corrected chi connectivity index (χ2v) is 12.3. The molecule has 0 bridgehead atoms. The number of halogens is 1. The van der Waals surface area contributed by atoms with Crippen LogP contribution in [0.4, 0.5) is 4.39 Å². The first-order valence-corrected chi connectivity index (χ1v) is 13.9. The third kappa shape index (κ3) is 6.63. The maximum Gasteiger partial charge on any atom is 0.197 e. The van der Waals surface area contributed by atoms with E-state index in [2.05, 4.69) is 12.1 Å². The molecule has 6 atom stereocenters. The van der Waals surface area contributed by atoms with Crippen molar-refractivity contribution in [2.45, 2.75) is 82.6 Å². The fourth-order valence-corrected chi connectivity index (χ4v) is 6.35. The van der Waals surface area contributed by atoms with Crippen molar-refractivity contribution < 1.29 is 24.1 Å². The van der Waals surface area contributed by atoms with E-state index in [-0.39, 0.29) is 24.2 Å². The lowest BCUT2D eigenvalue weighted by molar-refractivity contribution is 0.0751. The van der Waals surface area contributed by atoms with Gasteiger partial charge in [-0.2, -0.15) is 0 Å². The van der Waals surface area contributed by atoms with Gasteiger partial charge in [0.25, 0.3) is 0 Å². The molecule has 2 aliphatic rings. The van der Waals surface area contributed by atoms with Crippen molar-refractivity contribution in [3.8, 4) is 0 Å². The summed E-state index contributed by atoms with van der Waals surface area (Å²) in [6, 6.07) is 8.33. The van der Waals surface area contributed by atoms with Crippen LogP contribution in [0.5, 0.6) is 0 Å². The molecule has 0 saturated heterocycles. The molecule has 2 unspecified atom stereocenters. The number of benzene rings is 1. The van der Waals surface area contributed by atoms with E-state index in [4.69, 9.17) is 0 Å². The summed E-state index contributed by atoms with van der Waals surface area (Å²) in [5.74, 6) is 0.00104. The maximum atomic E-state index is 14.6. The van der Waals surface area contributed by atoms with Crippen molar-refractivity contribution in [1.29, 1.82) is 0 Å². The van der Waals surface area contributed by atoms with Gasteiger partial charge in [-0.15, -0.1) is 0 Å². The van der Waals surface area contributed by atoms with Crippen LogP contribution >= 0.6 is 7.37 Å². The zero-order valence-electron chi connectivity index (χ0n) is 18.1. The van der Waals surface area contributed by atoms with Crippen molar-refractivity contribution in [1.82, 2.24) is 0 Å². The zero-order chi connectivity index (χ0) is 21.7. The monoisotopic (exact) mass is 440 g/mol. The van der Waals surface area contributed by atoms with Gasteiger partial charge in [0, 0.05) is 19.2 Å². The summed E-state index contributed by atoms with van der Waals surface area (Å²) >= 11 is 0. The van der Waals surface area contributed by atoms with Crippen LogP contribution in [0, 0.1) is 17.8 Å². The summed E-state index contributed by atoms with van der Waals surface area (Å²) in [5, 5.41) is 21.1. The van der Waals surface area contributed by atoms with Gasteiger partial charge in [0.05, 0.1) is 12.2 Å². The predicted molar refractivity (Wildman–Crippen MR) is 119 cm³/mol. The number of fused-ring (bicyclic) bond motifs is 1. The Kier molecular flexibility index (Phi) is 8.55. The molecule has 1 aromatic carbocycles. The van der Waals surface area contributed by atoms with Crippen LogP contribution in [0.2, 0.25) is 0 Å². The van der Waals surface area contributed by atoms with E-state index in [1.165, 1.54) is 17.8 Å². The van der Waals surface area contributed by atoms with E-state index in [1.807, 2.05) is 12.1 Å².